The van der Waals surface area contributed by atoms with Gasteiger partial charge in [-0.05, 0) is 201 Å². The molecule has 7 saturated carbocycles. The van der Waals surface area contributed by atoms with E-state index in [0.717, 1.165) is 81.9 Å². The molecule has 19 rings (SSSR count). The van der Waals surface area contributed by atoms with Gasteiger partial charge >= 0.3 is 0 Å². The Labute approximate surface area is 537 Å². The molecule has 0 aromatic heterocycles. The van der Waals surface area contributed by atoms with Crippen LogP contribution >= 0.6 is 0 Å². The standard InChI is InChI=1S/C76H103N3O12/c1-4-8-42-13-16-50-62-54(82)11-6-24-76(89,75(62)27-21-44(33-42)64(50)91-75)67(3,86)59-23-26-74(88)65-63(78-38-41(2)81)66(85)69-25-22-46-48-17-18-49-47-9-5-12-57(47)90-58(61(48)49)34-43-14-15-45(35-51(43)46)72(59,74)40-71(87)30-28-68(52-19-20-60(77)79-53(52)10-7-32-80)29-31-73(65,71)70(69,39-68)37-56(84)55(83)36-69/h18-22,25,27-31,41-47,50-51,54-60,62,64,78-84,86-89H,4-17,23-24,26,32-40,77H2,1-3H3/b25-22+/t41-,42+,43-,44+,45-,46-,47+,50-,51-,54-,55+,56-,57-,58+,59+,60?,62+,64-,67+,68+,69-,70+,71+,72-,73-,74+,75+,76-/m0/s1. The number of ketones is 1. The third-order valence-corrected chi connectivity index (χ3v) is 29.9. The maximum Gasteiger partial charge on any atom is 0.189 e. The Bertz CT molecular complexity index is 3360. The van der Waals surface area contributed by atoms with Crippen molar-refractivity contribution in [3.8, 4) is 0 Å². The molecule has 15 aliphatic carbocycles. The molecule has 19 aliphatic rings. The highest BCUT2D eigenvalue weighted by Crippen LogP contribution is 2.86. The fraction of sp³-hybridized carbons (Fsp3) is 0.750. The number of aliphatic hydroxyl groups excluding tert-OH is 5. The number of aliphatic hydroxyl groups is 9. The number of hydrogen-bond donors (Lipinski definition) is 12. The summed E-state index contributed by atoms with van der Waals surface area (Å²) in [6.07, 6.45) is 32.1. The van der Waals surface area contributed by atoms with Crippen molar-refractivity contribution in [3.63, 3.8) is 0 Å². The van der Waals surface area contributed by atoms with Crippen LogP contribution in [0.2, 0.25) is 0 Å². The molecule has 15 nitrogen and oxygen atoms in total. The first-order valence-corrected chi connectivity index (χ1v) is 36.3. The summed E-state index contributed by atoms with van der Waals surface area (Å²) in [6.45, 7) is 5.57. The van der Waals surface area contributed by atoms with Gasteiger partial charge in [-0.1, -0.05) is 98.9 Å². The van der Waals surface area contributed by atoms with Crippen molar-refractivity contribution in [2.45, 2.75) is 252 Å². The molecule has 5 spiro atoms. The molecule has 4 heterocycles. The first kappa shape index (κ1) is 61.1. The van der Waals surface area contributed by atoms with Gasteiger partial charge in [0.2, 0.25) is 0 Å². The maximum atomic E-state index is 17.8. The van der Waals surface area contributed by atoms with Crippen LogP contribution in [-0.2, 0) is 14.3 Å². The molecular weight excluding hydrogens is 1150 g/mol. The van der Waals surface area contributed by atoms with Crippen molar-refractivity contribution in [2.75, 3.05) is 13.2 Å². The summed E-state index contributed by atoms with van der Waals surface area (Å²) >= 11 is 0. The number of dihydropyridines is 1. The van der Waals surface area contributed by atoms with Crippen molar-refractivity contribution in [3.05, 3.63) is 106 Å². The van der Waals surface area contributed by atoms with E-state index in [1.54, 1.807) is 13.8 Å². The van der Waals surface area contributed by atoms with Crippen molar-refractivity contribution in [1.82, 2.24) is 10.6 Å². The molecule has 9 fully saturated rings. The number of ether oxygens (including phenoxy) is 2. The number of nitrogens with one attached hydrogen (secondary N) is 2. The smallest absolute Gasteiger partial charge is 0.189 e. The maximum absolute atomic E-state index is 17.8. The quantitative estimate of drug-likeness (QED) is 0.0893. The van der Waals surface area contributed by atoms with E-state index in [1.807, 2.05) is 18.2 Å². The van der Waals surface area contributed by atoms with E-state index in [9.17, 15) is 30.6 Å². The summed E-state index contributed by atoms with van der Waals surface area (Å²) in [4.78, 5) is 17.8. The average molecular weight is 1250 g/mol. The number of carbonyl (C=O) groups is 1. The summed E-state index contributed by atoms with van der Waals surface area (Å²) in [7, 11) is 0. The van der Waals surface area contributed by atoms with Gasteiger partial charge in [-0.15, -0.1) is 0 Å². The highest BCUT2D eigenvalue weighted by Gasteiger charge is 2.88. The van der Waals surface area contributed by atoms with E-state index in [0.29, 0.717) is 55.9 Å². The third-order valence-electron chi connectivity index (χ3n) is 29.9. The first-order chi connectivity index (χ1) is 43.6. The van der Waals surface area contributed by atoms with E-state index in [1.165, 1.54) is 16.7 Å². The molecule has 4 aliphatic heterocycles. The predicted molar refractivity (Wildman–Crippen MR) is 341 cm³/mol. The zero-order valence-electron chi connectivity index (χ0n) is 54.0. The normalized spacial score (nSPS) is 53.6. The van der Waals surface area contributed by atoms with Gasteiger partial charge in [0.25, 0.3) is 0 Å². The van der Waals surface area contributed by atoms with Crippen molar-refractivity contribution in [2.24, 2.45) is 92.0 Å². The largest absolute Gasteiger partial charge is 0.396 e. The Morgan fingerprint density at radius 3 is 2.51 bits per heavy atom. The van der Waals surface area contributed by atoms with E-state index in [2.05, 4.69) is 66.2 Å². The van der Waals surface area contributed by atoms with Gasteiger partial charge in [-0.2, -0.15) is 0 Å². The lowest BCUT2D eigenvalue weighted by Gasteiger charge is -2.76. The summed E-state index contributed by atoms with van der Waals surface area (Å²) in [6, 6.07) is 0. The summed E-state index contributed by atoms with van der Waals surface area (Å²) in [5.74, 6) is -1.44. The molecule has 0 aromatic rings. The molecule has 91 heavy (non-hydrogen) atoms. The fourth-order valence-electron chi connectivity index (χ4n) is 26.8. The van der Waals surface area contributed by atoms with Crippen molar-refractivity contribution < 1.29 is 60.2 Å². The Balaban J connectivity index is 0.953. The second kappa shape index (κ2) is 20.5. The van der Waals surface area contributed by atoms with Crippen LogP contribution in [0, 0.1) is 86.3 Å². The number of rotatable bonds is 11. The van der Waals surface area contributed by atoms with Crippen LogP contribution in [0.1, 0.15) is 175 Å². The Morgan fingerprint density at radius 1 is 0.868 bits per heavy atom. The molecule has 11 bridgehead atoms. The number of hydrogen-bond acceptors (Lipinski definition) is 15. The highest BCUT2D eigenvalue weighted by molar-refractivity contribution is 6.05. The summed E-state index contributed by atoms with van der Waals surface area (Å²) in [5, 5.41) is 129. The van der Waals surface area contributed by atoms with Gasteiger partial charge in [0.15, 0.2) is 5.78 Å². The fourth-order valence-corrected chi connectivity index (χ4v) is 26.8. The molecular formula is C76H103N3O12. The van der Waals surface area contributed by atoms with Crippen LogP contribution in [0.4, 0.5) is 0 Å². The van der Waals surface area contributed by atoms with Crippen LogP contribution in [0.3, 0.4) is 0 Å². The van der Waals surface area contributed by atoms with Crippen LogP contribution in [0.15, 0.2) is 106 Å². The zero-order chi connectivity index (χ0) is 63.0. The monoisotopic (exact) mass is 1250 g/mol. The van der Waals surface area contributed by atoms with E-state index in [-0.39, 0.29) is 117 Å². The van der Waals surface area contributed by atoms with Crippen LogP contribution in [0.5, 0.6) is 0 Å². The van der Waals surface area contributed by atoms with E-state index in [4.69, 9.17) is 15.2 Å². The second-order valence-corrected chi connectivity index (χ2v) is 33.5. The van der Waals surface area contributed by atoms with E-state index < -0.39 is 103 Å². The van der Waals surface area contributed by atoms with Crippen LogP contribution in [0.25, 0.3) is 0 Å². The average Bonchev–Trinajstić information content (AvgIpc) is 1.61. The molecule has 13 N–H and O–H groups in total. The van der Waals surface area contributed by atoms with Crippen molar-refractivity contribution >= 4 is 5.78 Å². The molecule has 494 valence electrons. The van der Waals surface area contributed by atoms with Gasteiger partial charge in [-0.3, -0.25) is 4.79 Å². The minimum Gasteiger partial charge on any atom is -0.396 e. The number of Topliss-reactive ketones (excluding diaryl/α,β-unsaturated/α-hetero) is 1. The van der Waals surface area contributed by atoms with Gasteiger partial charge in [0, 0.05) is 64.3 Å². The SMILES string of the molecule is CCC[C@@H]1CC[C@@H]2[C@H]3O[C@]4(C=C[C@@H]3C1)[C@H]2[C@@H](O)CCC[C@]4(O)[C@](C)(O)[C@H]1CC[C@@]2(O)C3=C(NC[C@H](C)O)C(=O)[C@@]45/C=C/[C@H]6C7=C8C(=CC7)[C@H]7CCC[C@@H]7O[C@@H]8C[C@@H]7CC[C@@H](C[C@@H]76)[C@@]12C[C@]1(O)C=C[C@@]2(C6=C(CCCO)NC(N)C=C6)C=C[C@@]31[C@]4(C[C@H](O)[C@H](O)C5)C2. The Hall–Kier alpha value is -3.55. The van der Waals surface area contributed by atoms with E-state index >= 15 is 20.1 Å². The zero-order valence-corrected chi connectivity index (χ0v) is 54.0. The number of carbonyl (C=O) groups excluding carboxylic acids is 1. The van der Waals surface area contributed by atoms with Gasteiger partial charge in [-0.25, -0.2) is 0 Å². The molecule has 0 aromatic carbocycles. The predicted octanol–water partition coefficient (Wildman–Crippen LogP) is 7.52. The van der Waals surface area contributed by atoms with Crippen LogP contribution in [-0.4, -0.2) is 142 Å². The van der Waals surface area contributed by atoms with Crippen molar-refractivity contribution in [1.29, 1.82) is 0 Å². The van der Waals surface area contributed by atoms with Gasteiger partial charge < -0.3 is 71.8 Å². The second-order valence-electron chi connectivity index (χ2n) is 33.5. The molecule has 1 unspecified atom stereocenters. The Morgan fingerprint density at radius 2 is 1.69 bits per heavy atom. The van der Waals surface area contributed by atoms with Crippen LogP contribution < -0.4 is 16.4 Å². The molecule has 0 amide bonds. The number of fused-ring (bicyclic) bond motifs is 4. The number of allylic oxidation sites excluding steroid dienone is 10. The first-order valence-electron chi connectivity index (χ1n) is 36.3. The van der Waals surface area contributed by atoms with Gasteiger partial charge in [0.1, 0.15) is 11.2 Å². The van der Waals surface area contributed by atoms with Gasteiger partial charge in [0.05, 0.1) is 82.2 Å². The topological polar surface area (TPSA) is 268 Å². The minimum absolute atomic E-state index is 0.0304. The molecule has 2 saturated heterocycles. The summed E-state index contributed by atoms with van der Waals surface area (Å²) < 4.78 is 15.0. The molecule has 15 heteroatoms. The third kappa shape index (κ3) is 7.51. The minimum atomic E-state index is -2.08. The summed E-state index contributed by atoms with van der Waals surface area (Å²) in [5.41, 5.74) is -4.20. The Kier molecular flexibility index (Phi) is 13.8. The molecule has 0 radical (unpaired) electrons. The lowest BCUT2D eigenvalue weighted by molar-refractivity contribution is -0.303. The highest BCUT2D eigenvalue weighted by atomic mass is 16.5. The number of nitrogens with two attached hydrogens (primary N) is 1. The molecule has 28 atom stereocenters. The lowest BCUT2D eigenvalue weighted by Crippen LogP contribution is -2.81. The lowest BCUT2D eigenvalue weighted by atomic mass is 9.27.